The fourth-order valence-electron chi connectivity index (χ4n) is 2.73. The predicted octanol–water partition coefficient (Wildman–Crippen LogP) is 3.24. The number of ether oxygens (including phenoxy) is 1. The summed E-state index contributed by atoms with van der Waals surface area (Å²) in [5.41, 5.74) is 1.84. The number of fused-ring (bicyclic) bond motifs is 1. The van der Waals surface area contributed by atoms with Crippen LogP contribution in [-0.2, 0) is 16.1 Å². The lowest BCUT2D eigenvalue weighted by molar-refractivity contribution is -0.141. The quantitative estimate of drug-likeness (QED) is 0.275. The van der Waals surface area contributed by atoms with Gasteiger partial charge < -0.3 is 4.74 Å². The van der Waals surface area contributed by atoms with Gasteiger partial charge in [-0.05, 0) is 26.0 Å². The van der Waals surface area contributed by atoms with Gasteiger partial charge in [-0.15, -0.1) is 0 Å². The number of Topliss-reactive ketones (excluding diaryl/α,β-unsaturated/α-hetero) is 1. The average molecular weight is 396 g/mol. The Bertz CT molecular complexity index is 1090. The Morgan fingerprint density at radius 1 is 1.14 bits per heavy atom. The maximum absolute atomic E-state index is 12.9. The average Bonchev–Trinajstić information content (AvgIpc) is 2.70. The number of carbonyl (C=O) groups is 2. The molecule has 0 aliphatic rings. The smallest absolute Gasteiger partial charge is 0.325 e. The van der Waals surface area contributed by atoms with Gasteiger partial charge >= 0.3 is 5.97 Å². The molecular weight excluding hydrogens is 376 g/mol. The standard InChI is InChI=1S/C21H20N2O4S/c1-13-8-10-15(11-9-13)19(25)14(2)28-21-22-17-7-5-4-6-16(17)20(26)23(21)12-18(24)27-3/h4-11,14H,12H2,1-3H3/t14-/m1/s1. The summed E-state index contributed by atoms with van der Waals surface area (Å²) in [6.45, 7) is 3.45. The molecule has 0 saturated heterocycles. The number of carbonyl (C=O) groups excluding carboxylic acids is 2. The lowest BCUT2D eigenvalue weighted by Gasteiger charge is -2.15. The molecule has 144 valence electrons. The van der Waals surface area contributed by atoms with Crippen molar-refractivity contribution in [3.05, 3.63) is 70.0 Å². The summed E-state index contributed by atoms with van der Waals surface area (Å²) in [6, 6.07) is 14.2. The number of aromatic nitrogens is 2. The first kappa shape index (κ1) is 19.8. The van der Waals surface area contributed by atoms with Crippen molar-refractivity contribution in [1.82, 2.24) is 9.55 Å². The number of nitrogens with zero attached hydrogens (tertiary/aromatic N) is 2. The maximum atomic E-state index is 12.9. The third kappa shape index (κ3) is 4.14. The van der Waals surface area contributed by atoms with Gasteiger partial charge in [0.25, 0.3) is 5.56 Å². The summed E-state index contributed by atoms with van der Waals surface area (Å²) in [4.78, 5) is 42.0. The van der Waals surface area contributed by atoms with Crippen molar-refractivity contribution in [3.8, 4) is 0 Å². The molecular formula is C21H20N2O4S. The number of benzene rings is 2. The SMILES string of the molecule is COC(=O)Cn1c(S[C@H](C)C(=O)c2ccc(C)cc2)nc2ccccc2c1=O. The molecule has 1 aromatic heterocycles. The zero-order valence-electron chi connectivity index (χ0n) is 15.8. The Kier molecular flexibility index (Phi) is 5.94. The summed E-state index contributed by atoms with van der Waals surface area (Å²) in [6.07, 6.45) is 0. The molecule has 6 nitrogen and oxygen atoms in total. The van der Waals surface area contributed by atoms with Crippen molar-refractivity contribution >= 4 is 34.4 Å². The van der Waals surface area contributed by atoms with E-state index >= 15 is 0 Å². The Labute approximate surface area is 166 Å². The number of para-hydroxylation sites is 1. The van der Waals surface area contributed by atoms with E-state index in [0.717, 1.165) is 17.3 Å². The molecule has 0 bridgehead atoms. The van der Waals surface area contributed by atoms with Crippen LogP contribution in [-0.4, -0.2) is 33.7 Å². The van der Waals surface area contributed by atoms with Crippen molar-refractivity contribution in [1.29, 1.82) is 0 Å². The van der Waals surface area contributed by atoms with E-state index in [1.807, 2.05) is 19.1 Å². The molecule has 3 rings (SSSR count). The van der Waals surface area contributed by atoms with E-state index in [-0.39, 0.29) is 17.9 Å². The molecule has 0 N–H and O–H groups in total. The van der Waals surface area contributed by atoms with Crippen LogP contribution in [0.15, 0.2) is 58.5 Å². The van der Waals surface area contributed by atoms with Gasteiger partial charge in [0.1, 0.15) is 6.54 Å². The molecule has 3 aromatic rings. The second kappa shape index (κ2) is 8.39. The molecule has 7 heteroatoms. The van der Waals surface area contributed by atoms with Crippen molar-refractivity contribution in [3.63, 3.8) is 0 Å². The minimum atomic E-state index is -0.557. The Morgan fingerprint density at radius 3 is 2.50 bits per heavy atom. The number of hydrogen-bond donors (Lipinski definition) is 0. The fourth-order valence-corrected chi connectivity index (χ4v) is 3.72. The normalized spacial score (nSPS) is 12.0. The Morgan fingerprint density at radius 2 is 1.82 bits per heavy atom. The first-order valence-electron chi connectivity index (χ1n) is 8.74. The number of hydrogen-bond acceptors (Lipinski definition) is 6. The Hall–Kier alpha value is -2.93. The lowest BCUT2D eigenvalue weighted by atomic mass is 10.1. The van der Waals surface area contributed by atoms with Gasteiger partial charge in [0.15, 0.2) is 10.9 Å². The highest BCUT2D eigenvalue weighted by molar-refractivity contribution is 8.00. The van der Waals surface area contributed by atoms with Crippen LogP contribution in [0.5, 0.6) is 0 Å². The number of aryl methyl sites for hydroxylation is 1. The van der Waals surface area contributed by atoms with Crippen molar-refractivity contribution in [2.75, 3.05) is 7.11 Å². The molecule has 0 fully saturated rings. The zero-order chi connectivity index (χ0) is 20.3. The monoisotopic (exact) mass is 396 g/mol. The minimum absolute atomic E-state index is 0.0722. The number of ketones is 1. The van der Waals surface area contributed by atoms with Gasteiger partial charge in [0.05, 0.1) is 23.3 Å². The molecule has 1 heterocycles. The molecule has 2 aromatic carbocycles. The van der Waals surface area contributed by atoms with Crippen molar-refractivity contribution < 1.29 is 14.3 Å². The fraction of sp³-hybridized carbons (Fsp3) is 0.238. The number of rotatable bonds is 6. The highest BCUT2D eigenvalue weighted by Crippen LogP contribution is 2.25. The van der Waals surface area contributed by atoms with E-state index in [4.69, 9.17) is 4.74 Å². The molecule has 1 atom stereocenters. The number of esters is 1. The van der Waals surface area contributed by atoms with Gasteiger partial charge in [-0.3, -0.25) is 19.0 Å². The van der Waals surface area contributed by atoms with Crippen molar-refractivity contribution in [2.24, 2.45) is 0 Å². The molecule has 0 unspecified atom stereocenters. The van der Waals surface area contributed by atoms with E-state index in [1.165, 1.54) is 11.7 Å². The van der Waals surface area contributed by atoms with Crippen LogP contribution in [0.25, 0.3) is 10.9 Å². The highest BCUT2D eigenvalue weighted by atomic mass is 32.2. The molecule has 28 heavy (non-hydrogen) atoms. The molecule has 0 amide bonds. The molecule has 0 saturated carbocycles. The first-order valence-corrected chi connectivity index (χ1v) is 9.62. The molecule has 0 aliphatic carbocycles. The highest BCUT2D eigenvalue weighted by Gasteiger charge is 2.21. The summed E-state index contributed by atoms with van der Waals surface area (Å²) >= 11 is 1.15. The van der Waals surface area contributed by atoms with Gasteiger partial charge in [-0.1, -0.05) is 53.7 Å². The van der Waals surface area contributed by atoms with Crippen LogP contribution < -0.4 is 5.56 Å². The van der Waals surface area contributed by atoms with Gasteiger partial charge in [-0.25, -0.2) is 4.98 Å². The van der Waals surface area contributed by atoms with E-state index in [9.17, 15) is 14.4 Å². The Balaban J connectivity index is 1.99. The predicted molar refractivity (Wildman–Crippen MR) is 109 cm³/mol. The van der Waals surface area contributed by atoms with E-state index < -0.39 is 11.2 Å². The second-order valence-corrected chi connectivity index (χ2v) is 7.68. The third-order valence-electron chi connectivity index (χ3n) is 4.33. The summed E-state index contributed by atoms with van der Waals surface area (Å²) in [5.74, 6) is -0.629. The van der Waals surface area contributed by atoms with Crippen LogP contribution >= 0.6 is 11.8 Å². The van der Waals surface area contributed by atoms with Crippen LogP contribution in [0.2, 0.25) is 0 Å². The van der Waals surface area contributed by atoms with Crippen LogP contribution in [0, 0.1) is 6.92 Å². The molecule has 0 spiro atoms. The van der Waals surface area contributed by atoms with Gasteiger partial charge in [0.2, 0.25) is 0 Å². The zero-order valence-corrected chi connectivity index (χ0v) is 16.7. The topological polar surface area (TPSA) is 78.3 Å². The molecule has 0 radical (unpaired) electrons. The van der Waals surface area contributed by atoms with Crippen LogP contribution in [0.4, 0.5) is 0 Å². The maximum Gasteiger partial charge on any atom is 0.325 e. The van der Waals surface area contributed by atoms with Crippen molar-refractivity contribution in [2.45, 2.75) is 30.8 Å². The summed E-state index contributed by atoms with van der Waals surface area (Å²) < 4.78 is 5.97. The van der Waals surface area contributed by atoms with Gasteiger partial charge in [0, 0.05) is 5.56 Å². The van der Waals surface area contributed by atoms with E-state index in [2.05, 4.69) is 4.98 Å². The third-order valence-corrected chi connectivity index (χ3v) is 5.42. The second-order valence-electron chi connectivity index (χ2n) is 6.37. The minimum Gasteiger partial charge on any atom is -0.468 e. The van der Waals surface area contributed by atoms with Crippen LogP contribution in [0.3, 0.4) is 0 Å². The molecule has 0 aliphatic heterocycles. The lowest BCUT2D eigenvalue weighted by Crippen LogP contribution is -2.28. The van der Waals surface area contributed by atoms with Gasteiger partial charge in [-0.2, -0.15) is 0 Å². The first-order chi connectivity index (χ1) is 13.4. The number of thioether (sulfide) groups is 1. The largest absolute Gasteiger partial charge is 0.468 e. The summed E-state index contributed by atoms with van der Waals surface area (Å²) in [7, 11) is 1.26. The number of methoxy groups -OCH3 is 1. The van der Waals surface area contributed by atoms with E-state index in [0.29, 0.717) is 21.6 Å². The summed E-state index contributed by atoms with van der Waals surface area (Å²) in [5, 5.41) is 0.231. The van der Waals surface area contributed by atoms with Crippen LogP contribution in [0.1, 0.15) is 22.8 Å². The van der Waals surface area contributed by atoms with E-state index in [1.54, 1.807) is 43.3 Å².